The summed E-state index contributed by atoms with van der Waals surface area (Å²) in [6.07, 6.45) is 2.71. The van der Waals surface area contributed by atoms with Gasteiger partial charge in [0.2, 0.25) is 0 Å². The predicted octanol–water partition coefficient (Wildman–Crippen LogP) is 2.43. The van der Waals surface area contributed by atoms with E-state index in [0.29, 0.717) is 5.41 Å². The van der Waals surface area contributed by atoms with Crippen LogP contribution in [0.2, 0.25) is 0 Å². The number of rotatable bonds is 2. The second-order valence-electron chi connectivity index (χ2n) is 6.71. The summed E-state index contributed by atoms with van der Waals surface area (Å²) in [6.45, 7) is 7.28. The molecule has 0 saturated carbocycles. The van der Waals surface area contributed by atoms with Crippen LogP contribution in [-0.2, 0) is 0 Å². The van der Waals surface area contributed by atoms with Crippen molar-refractivity contribution in [2.75, 3.05) is 60.6 Å². The minimum Gasteiger partial charge on any atom is -0.371 e. The molecular formula is C17H25N3S. The Hall–Kier alpha value is -0.870. The smallest absolute Gasteiger partial charge is 0.0368 e. The first-order valence-corrected chi connectivity index (χ1v) is 9.39. The lowest BCUT2D eigenvalue weighted by Crippen LogP contribution is -2.32. The van der Waals surface area contributed by atoms with Crippen LogP contribution in [0.5, 0.6) is 0 Å². The van der Waals surface area contributed by atoms with Crippen molar-refractivity contribution < 1.29 is 0 Å². The maximum Gasteiger partial charge on any atom is 0.0368 e. The van der Waals surface area contributed by atoms with Crippen LogP contribution in [0.25, 0.3) is 0 Å². The lowest BCUT2D eigenvalue weighted by atomic mass is 9.86. The SMILES string of the molecule is c1cc(N2CCC3(CCNC3)C2)ccc1N1CCSCC1. The van der Waals surface area contributed by atoms with Crippen LogP contribution in [0.1, 0.15) is 12.8 Å². The van der Waals surface area contributed by atoms with E-state index < -0.39 is 0 Å². The van der Waals surface area contributed by atoms with Gasteiger partial charge in [0.1, 0.15) is 0 Å². The highest BCUT2D eigenvalue weighted by Gasteiger charge is 2.40. The van der Waals surface area contributed by atoms with Crippen LogP contribution in [0, 0.1) is 5.41 Å². The highest BCUT2D eigenvalue weighted by Crippen LogP contribution is 2.38. The molecule has 0 bridgehead atoms. The van der Waals surface area contributed by atoms with Crippen molar-refractivity contribution in [1.82, 2.24) is 5.32 Å². The lowest BCUT2D eigenvalue weighted by molar-refractivity contribution is 0.369. The highest BCUT2D eigenvalue weighted by molar-refractivity contribution is 7.99. The van der Waals surface area contributed by atoms with E-state index in [2.05, 4.69) is 51.1 Å². The van der Waals surface area contributed by atoms with Crippen LogP contribution < -0.4 is 15.1 Å². The molecule has 1 spiro atoms. The number of thioether (sulfide) groups is 1. The van der Waals surface area contributed by atoms with Crippen molar-refractivity contribution in [2.45, 2.75) is 12.8 Å². The third-order valence-electron chi connectivity index (χ3n) is 5.36. The number of hydrogen-bond acceptors (Lipinski definition) is 4. The van der Waals surface area contributed by atoms with Crippen molar-refractivity contribution in [3.63, 3.8) is 0 Å². The number of nitrogens with zero attached hydrogens (tertiary/aromatic N) is 2. The molecule has 3 saturated heterocycles. The quantitative estimate of drug-likeness (QED) is 0.904. The molecule has 0 aliphatic carbocycles. The molecule has 0 aromatic heterocycles. The van der Waals surface area contributed by atoms with Crippen LogP contribution in [0.4, 0.5) is 11.4 Å². The maximum atomic E-state index is 3.54. The van der Waals surface area contributed by atoms with E-state index in [9.17, 15) is 0 Å². The Balaban J connectivity index is 1.44. The lowest BCUT2D eigenvalue weighted by Gasteiger charge is -2.29. The molecule has 0 amide bonds. The topological polar surface area (TPSA) is 18.5 Å². The van der Waals surface area contributed by atoms with E-state index in [1.165, 1.54) is 75.0 Å². The van der Waals surface area contributed by atoms with Gasteiger partial charge in [0.15, 0.2) is 0 Å². The summed E-state index contributed by atoms with van der Waals surface area (Å²) in [4.78, 5) is 5.11. The number of anilines is 2. The van der Waals surface area contributed by atoms with Gasteiger partial charge in [-0.2, -0.15) is 11.8 Å². The Morgan fingerprint density at radius 1 is 0.905 bits per heavy atom. The van der Waals surface area contributed by atoms with E-state index in [1.54, 1.807) is 0 Å². The van der Waals surface area contributed by atoms with Gasteiger partial charge in [0, 0.05) is 61.0 Å². The van der Waals surface area contributed by atoms with E-state index in [1.807, 2.05) is 0 Å². The molecule has 3 nitrogen and oxygen atoms in total. The Morgan fingerprint density at radius 2 is 1.62 bits per heavy atom. The molecule has 114 valence electrons. The molecule has 1 N–H and O–H groups in total. The molecule has 4 heteroatoms. The Bertz CT molecular complexity index is 475. The minimum atomic E-state index is 0.558. The Morgan fingerprint density at radius 3 is 2.29 bits per heavy atom. The number of hydrogen-bond donors (Lipinski definition) is 1. The molecule has 0 radical (unpaired) electrons. The molecule has 3 heterocycles. The van der Waals surface area contributed by atoms with Crippen molar-refractivity contribution >= 4 is 23.1 Å². The molecule has 4 rings (SSSR count). The number of nitrogens with one attached hydrogen (secondary N) is 1. The van der Waals surface area contributed by atoms with E-state index >= 15 is 0 Å². The highest BCUT2D eigenvalue weighted by atomic mass is 32.2. The van der Waals surface area contributed by atoms with Gasteiger partial charge in [0.25, 0.3) is 0 Å². The second kappa shape index (κ2) is 5.73. The van der Waals surface area contributed by atoms with Gasteiger partial charge in [-0.1, -0.05) is 0 Å². The Labute approximate surface area is 132 Å². The maximum absolute atomic E-state index is 3.54. The van der Waals surface area contributed by atoms with E-state index in [-0.39, 0.29) is 0 Å². The van der Waals surface area contributed by atoms with Crippen molar-refractivity contribution in [3.8, 4) is 0 Å². The van der Waals surface area contributed by atoms with Crippen molar-refractivity contribution in [3.05, 3.63) is 24.3 Å². The molecule has 1 aromatic carbocycles. The standard InChI is InChI=1S/C17H25N3S/c1-3-16(4-2-15(1)19-9-11-21-12-10-19)20-8-6-17(14-20)5-7-18-13-17/h1-4,18H,5-14H2. The molecule has 1 unspecified atom stereocenters. The van der Waals surface area contributed by atoms with Crippen LogP contribution in [-0.4, -0.2) is 50.8 Å². The summed E-state index contributed by atoms with van der Waals surface area (Å²) >= 11 is 2.07. The largest absolute Gasteiger partial charge is 0.371 e. The fraction of sp³-hybridized carbons (Fsp3) is 0.647. The van der Waals surface area contributed by atoms with Gasteiger partial charge in [-0.15, -0.1) is 0 Å². The van der Waals surface area contributed by atoms with E-state index in [0.717, 1.165) is 0 Å². The van der Waals surface area contributed by atoms with Gasteiger partial charge < -0.3 is 15.1 Å². The molecule has 21 heavy (non-hydrogen) atoms. The van der Waals surface area contributed by atoms with Crippen LogP contribution in [0.15, 0.2) is 24.3 Å². The average Bonchev–Trinajstić information content (AvgIpc) is 3.19. The summed E-state index contributed by atoms with van der Waals surface area (Å²) in [5, 5.41) is 3.54. The normalized spacial score (nSPS) is 29.5. The summed E-state index contributed by atoms with van der Waals surface area (Å²) in [5.74, 6) is 2.53. The monoisotopic (exact) mass is 303 g/mol. The summed E-state index contributed by atoms with van der Waals surface area (Å²) in [5.41, 5.74) is 3.37. The predicted molar refractivity (Wildman–Crippen MR) is 92.7 cm³/mol. The fourth-order valence-corrected chi connectivity index (χ4v) is 4.90. The summed E-state index contributed by atoms with van der Waals surface area (Å²) < 4.78 is 0. The van der Waals surface area contributed by atoms with Crippen molar-refractivity contribution in [1.29, 1.82) is 0 Å². The first kappa shape index (κ1) is 13.8. The molecule has 3 fully saturated rings. The third-order valence-corrected chi connectivity index (χ3v) is 6.30. The molecule has 3 aliphatic rings. The number of benzene rings is 1. The second-order valence-corrected chi connectivity index (χ2v) is 7.94. The molecule has 1 aromatic rings. The van der Waals surface area contributed by atoms with Gasteiger partial charge in [-0.25, -0.2) is 0 Å². The third kappa shape index (κ3) is 2.76. The van der Waals surface area contributed by atoms with Gasteiger partial charge >= 0.3 is 0 Å². The minimum absolute atomic E-state index is 0.558. The van der Waals surface area contributed by atoms with Gasteiger partial charge in [-0.3, -0.25) is 0 Å². The van der Waals surface area contributed by atoms with Crippen LogP contribution in [0.3, 0.4) is 0 Å². The fourth-order valence-electron chi connectivity index (χ4n) is 4.00. The first-order chi connectivity index (χ1) is 10.3. The Kier molecular flexibility index (Phi) is 3.76. The first-order valence-electron chi connectivity index (χ1n) is 8.23. The zero-order valence-corrected chi connectivity index (χ0v) is 13.5. The molecule has 3 aliphatic heterocycles. The van der Waals surface area contributed by atoms with Gasteiger partial charge in [-0.05, 0) is 43.7 Å². The van der Waals surface area contributed by atoms with Crippen LogP contribution >= 0.6 is 11.8 Å². The van der Waals surface area contributed by atoms with Crippen molar-refractivity contribution in [2.24, 2.45) is 5.41 Å². The summed E-state index contributed by atoms with van der Waals surface area (Å²) in [7, 11) is 0. The zero-order valence-electron chi connectivity index (χ0n) is 12.7. The summed E-state index contributed by atoms with van der Waals surface area (Å²) in [6, 6.07) is 9.31. The van der Waals surface area contributed by atoms with E-state index in [4.69, 9.17) is 0 Å². The average molecular weight is 303 g/mol. The molecular weight excluding hydrogens is 278 g/mol. The zero-order chi connectivity index (χ0) is 14.1. The van der Waals surface area contributed by atoms with Gasteiger partial charge in [0.05, 0.1) is 0 Å². The molecule has 1 atom stereocenters.